The Morgan fingerprint density at radius 2 is 1.76 bits per heavy atom. The van der Waals surface area contributed by atoms with E-state index in [4.69, 9.17) is 12.2 Å². The second kappa shape index (κ2) is 7.64. The Bertz CT molecular complexity index is 1030. The van der Waals surface area contributed by atoms with Crippen LogP contribution in [-0.2, 0) is 6.54 Å². The Balaban J connectivity index is 1.91. The molecule has 1 fully saturated rings. The lowest BCUT2D eigenvalue weighted by Crippen LogP contribution is -2.29. The van der Waals surface area contributed by atoms with Gasteiger partial charge >= 0.3 is 0 Å². The second-order valence-electron chi connectivity index (χ2n) is 7.91. The Morgan fingerprint density at radius 1 is 1.03 bits per heavy atom. The first-order valence-electron chi connectivity index (χ1n) is 10.2. The standard InChI is InChI=1S/C24H28N4S/c1-6-27-17(4)14-20(18(27)5)23-22(21-9-7-8-10-25-21)26-24(29)28(23)19-12-15(2)11-16(3)13-19/h7-14,22-23H,6H2,1-5H3,(H,26,29)/t22-,23+/m0/s1. The number of rotatable bonds is 4. The van der Waals surface area contributed by atoms with E-state index in [-0.39, 0.29) is 12.1 Å². The highest BCUT2D eigenvalue weighted by atomic mass is 32.1. The second-order valence-corrected chi connectivity index (χ2v) is 8.30. The molecule has 0 spiro atoms. The van der Waals surface area contributed by atoms with Gasteiger partial charge in [0.1, 0.15) is 0 Å². The van der Waals surface area contributed by atoms with Gasteiger partial charge in [0.15, 0.2) is 5.11 Å². The van der Waals surface area contributed by atoms with Gasteiger partial charge in [-0.1, -0.05) is 12.1 Å². The van der Waals surface area contributed by atoms with Gasteiger partial charge in [0.05, 0.1) is 17.8 Å². The van der Waals surface area contributed by atoms with E-state index in [1.807, 2.05) is 18.3 Å². The van der Waals surface area contributed by atoms with Crippen LogP contribution in [0.2, 0.25) is 0 Å². The van der Waals surface area contributed by atoms with Crippen molar-refractivity contribution in [3.63, 3.8) is 0 Å². The van der Waals surface area contributed by atoms with Crippen LogP contribution in [0.3, 0.4) is 0 Å². The van der Waals surface area contributed by atoms with Crippen LogP contribution in [0.15, 0.2) is 48.7 Å². The summed E-state index contributed by atoms with van der Waals surface area (Å²) in [7, 11) is 0. The maximum Gasteiger partial charge on any atom is 0.174 e. The van der Waals surface area contributed by atoms with Gasteiger partial charge in [-0.25, -0.2) is 0 Å². The molecule has 1 saturated heterocycles. The first-order chi connectivity index (χ1) is 13.9. The average Bonchev–Trinajstić information content (AvgIpc) is 3.17. The van der Waals surface area contributed by atoms with Crippen molar-refractivity contribution < 1.29 is 0 Å². The van der Waals surface area contributed by atoms with E-state index in [0.717, 1.165) is 23.0 Å². The van der Waals surface area contributed by atoms with Gasteiger partial charge in [0.2, 0.25) is 0 Å². The molecular formula is C24H28N4S. The van der Waals surface area contributed by atoms with Crippen molar-refractivity contribution in [2.75, 3.05) is 4.90 Å². The van der Waals surface area contributed by atoms with Crippen LogP contribution in [-0.4, -0.2) is 14.7 Å². The summed E-state index contributed by atoms with van der Waals surface area (Å²) in [5.74, 6) is 0. The van der Waals surface area contributed by atoms with E-state index in [1.165, 1.54) is 28.1 Å². The molecule has 0 amide bonds. The molecule has 4 rings (SSSR count). The van der Waals surface area contributed by atoms with E-state index >= 15 is 0 Å². The highest BCUT2D eigenvalue weighted by Gasteiger charge is 2.42. The predicted molar refractivity (Wildman–Crippen MR) is 123 cm³/mol. The molecule has 1 aromatic carbocycles. The molecule has 3 aromatic rings. The number of nitrogens with zero attached hydrogens (tertiary/aromatic N) is 3. The highest BCUT2D eigenvalue weighted by molar-refractivity contribution is 7.80. The third-order valence-corrected chi connectivity index (χ3v) is 6.14. The van der Waals surface area contributed by atoms with E-state index in [9.17, 15) is 0 Å². The number of hydrogen-bond acceptors (Lipinski definition) is 2. The molecular weight excluding hydrogens is 376 g/mol. The summed E-state index contributed by atoms with van der Waals surface area (Å²) >= 11 is 5.85. The maximum absolute atomic E-state index is 5.85. The summed E-state index contributed by atoms with van der Waals surface area (Å²) in [6.45, 7) is 11.8. The van der Waals surface area contributed by atoms with E-state index in [2.05, 4.69) is 84.7 Å². The molecule has 3 heterocycles. The number of benzene rings is 1. The fraction of sp³-hybridized carbons (Fsp3) is 0.333. The largest absolute Gasteiger partial charge is 0.351 e. The zero-order valence-electron chi connectivity index (χ0n) is 17.7. The highest BCUT2D eigenvalue weighted by Crippen LogP contribution is 2.43. The van der Waals surface area contributed by atoms with Crippen molar-refractivity contribution in [3.05, 3.63) is 82.4 Å². The summed E-state index contributed by atoms with van der Waals surface area (Å²) < 4.78 is 2.37. The number of hydrogen-bond donors (Lipinski definition) is 1. The van der Waals surface area contributed by atoms with Crippen molar-refractivity contribution in [2.24, 2.45) is 0 Å². The molecule has 1 aliphatic heterocycles. The van der Waals surface area contributed by atoms with Crippen molar-refractivity contribution in [3.8, 4) is 0 Å². The summed E-state index contributed by atoms with van der Waals surface area (Å²) in [6.07, 6.45) is 1.85. The Kier molecular flexibility index (Phi) is 5.17. The summed E-state index contributed by atoms with van der Waals surface area (Å²) in [5.41, 5.74) is 8.47. The molecule has 0 unspecified atom stereocenters. The minimum Gasteiger partial charge on any atom is -0.351 e. The Hall–Kier alpha value is -2.66. The van der Waals surface area contributed by atoms with Crippen molar-refractivity contribution in [1.29, 1.82) is 0 Å². The molecule has 150 valence electrons. The lowest BCUT2D eigenvalue weighted by Gasteiger charge is -2.28. The van der Waals surface area contributed by atoms with Crippen LogP contribution in [0, 0.1) is 27.7 Å². The summed E-state index contributed by atoms with van der Waals surface area (Å²) in [5, 5.41) is 4.31. The van der Waals surface area contributed by atoms with Gasteiger partial charge in [-0.15, -0.1) is 0 Å². The van der Waals surface area contributed by atoms with Crippen LogP contribution in [0.5, 0.6) is 0 Å². The van der Waals surface area contributed by atoms with Crippen LogP contribution < -0.4 is 10.2 Å². The third kappa shape index (κ3) is 3.44. The number of thiocarbonyl (C=S) groups is 1. The molecule has 2 aromatic heterocycles. The average molecular weight is 405 g/mol. The summed E-state index contributed by atoms with van der Waals surface area (Å²) in [4.78, 5) is 6.93. The zero-order valence-corrected chi connectivity index (χ0v) is 18.5. The fourth-order valence-corrected chi connectivity index (χ4v) is 5.00. The van der Waals surface area contributed by atoms with E-state index in [0.29, 0.717) is 0 Å². The quantitative estimate of drug-likeness (QED) is 0.597. The normalized spacial score (nSPS) is 18.9. The van der Waals surface area contributed by atoms with Gasteiger partial charge in [-0.05, 0) is 93.9 Å². The first kappa shape index (κ1) is 19.6. The Morgan fingerprint density at radius 3 is 2.34 bits per heavy atom. The molecule has 0 aliphatic carbocycles. The number of pyridine rings is 1. The fourth-order valence-electron chi connectivity index (χ4n) is 4.65. The molecule has 1 aliphatic rings. The minimum atomic E-state index is -0.00433. The molecule has 0 radical (unpaired) electrons. The van der Waals surface area contributed by atoms with Crippen LogP contribution in [0.1, 0.15) is 52.8 Å². The molecule has 4 nitrogen and oxygen atoms in total. The number of aromatic nitrogens is 2. The maximum atomic E-state index is 5.85. The van der Waals surface area contributed by atoms with E-state index in [1.54, 1.807) is 0 Å². The first-order valence-corrected chi connectivity index (χ1v) is 10.6. The zero-order chi connectivity index (χ0) is 20.7. The van der Waals surface area contributed by atoms with Gasteiger partial charge in [-0.3, -0.25) is 4.98 Å². The lowest BCUT2D eigenvalue weighted by molar-refractivity contribution is 0.563. The van der Waals surface area contributed by atoms with Gasteiger partial charge in [0.25, 0.3) is 0 Å². The SMILES string of the molecule is CCn1c(C)cc([C@@H]2[C@H](c3ccccn3)NC(=S)N2c2cc(C)cc(C)c2)c1C. The third-order valence-electron chi connectivity index (χ3n) is 5.83. The molecule has 0 saturated carbocycles. The monoisotopic (exact) mass is 404 g/mol. The van der Waals surface area contributed by atoms with Gasteiger partial charge in [-0.2, -0.15) is 0 Å². The van der Waals surface area contributed by atoms with E-state index < -0.39 is 0 Å². The summed E-state index contributed by atoms with van der Waals surface area (Å²) in [6, 6.07) is 15.1. The molecule has 5 heteroatoms. The number of nitrogens with one attached hydrogen (secondary N) is 1. The van der Waals surface area contributed by atoms with Gasteiger partial charge < -0.3 is 14.8 Å². The van der Waals surface area contributed by atoms with Crippen molar-refractivity contribution in [1.82, 2.24) is 14.9 Å². The van der Waals surface area contributed by atoms with Crippen molar-refractivity contribution >= 4 is 23.0 Å². The van der Waals surface area contributed by atoms with Crippen molar-refractivity contribution in [2.45, 2.75) is 53.2 Å². The van der Waals surface area contributed by atoms with Crippen LogP contribution in [0.25, 0.3) is 0 Å². The predicted octanol–water partition coefficient (Wildman–Crippen LogP) is 5.31. The molecule has 1 N–H and O–H groups in total. The Labute approximate surface area is 178 Å². The van der Waals surface area contributed by atoms with Crippen LogP contribution >= 0.6 is 12.2 Å². The minimum absolute atomic E-state index is 0.00433. The molecule has 0 bridgehead atoms. The molecule has 2 atom stereocenters. The lowest BCUT2D eigenvalue weighted by atomic mass is 9.96. The number of aryl methyl sites for hydroxylation is 3. The molecule has 29 heavy (non-hydrogen) atoms. The topological polar surface area (TPSA) is 33.1 Å². The number of anilines is 1. The smallest absolute Gasteiger partial charge is 0.174 e. The van der Waals surface area contributed by atoms with Crippen LogP contribution in [0.4, 0.5) is 5.69 Å². The van der Waals surface area contributed by atoms with Gasteiger partial charge in [0, 0.05) is 29.8 Å².